The lowest BCUT2D eigenvalue weighted by Crippen LogP contribution is -2.18. The zero-order valence-corrected chi connectivity index (χ0v) is 6.54. The minimum atomic E-state index is -0.413. The third kappa shape index (κ3) is 0.805. The average Bonchev–Trinajstić information content (AvgIpc) is 2.19. The van der Waals surface area contributed by atoms with Crippen LogP contribution >= 0.6 is 23.2 Å². The van der Waals surface area contributed by atoms with Gasteiger partial charge in [-0.3, -0.25) is 0 Å². The van der Waals surface area contributed by atoms with Crippen molar-refractivity contribution in [2.45, 2.75) is 23.6 Å². The summed E-state index contributed by atoms with van der Waals surface area (Å²) in [5.41, 5.74) is 1.46. The Morgan fingerprint density at radius 1 is 1.56 bits per heavy atom. The molecule has 2 heteroatoms. The standard InChI is InChI=1S/C7H8Cl2/c8-7(9)4-5-1-2-6(7)3-5/h1,6H,2-4H2. The molecule has 1 saturated carbocycles. The maximum absolute atomic E-state index is 5.99. The minimum Gasteiger partial charge on any atom is -0.101 e. The van der Waals surface area contributed by atoms with Crippen molar-refractivity contribution in [3.05, 3.63) is 11.6 Å². The molecule has 2 rings (SSSR count). The van der Waals surface area contributed by atoms with Crippen molar-refractivity contribution in [1.82, 2.24) is 0 Å². The number of hydrogen-bond donors (Lipinski definition) is 0. The van der Waals surface area contributed by atoms with E-state index in [2.05, 4.69) is 6.08 Å². The Morgan fingerprint density at radius 2 is 2.33 bits per heavy atom. The molecule has 0 radical (unpaired) electrons. The summed E-state index contributed by atoms with van der Waals surface area (Å²) < 4.78 is -0.413. The smallest absolute Gasteiger partial charge is 0.101 e. The predicted molar refractivity (Wildman–Crippen MR) is 39.9 cm³/mol. The lowest BCUT2D eigenvalue weighted by molar-refractivity contribution is 0.542. The van der Waals surface area contributed by atoms with Gasteiger partial charge in [-0.1, -0.05) is 11.6 Å². The van der Waals surface area contributed by atoms with Crippen molar-refractivity contribution >= 4 is 23.2 Å². The molecule has 0 N–H and O–H groups in total. The van der Waals surface area contributed by atoms with Crippen LogP contribution in [0.15, 0.2) is 11.6 Å². The summed E-state index contributed by atoms with van der Waals surface area (Å²) >= 11 is 12.0. The molecule has 1 fully saturated rings. The monoisotopic (exact) mass is 162 g/mol. The van der Waals surface area contributed by atoms with Crippen molar-refractivity contribution in [1.29, 1.82) is 0 Å². The Kier molecular flexibility index (Phi) is 1.13. The summed E-state index contributed by atoms with van der Waals surface area (Å²) in [7, 11) is 0. The Hall–Kier alpha value is 0.320. The number of rotatable bonds is 0. The van der Waals surface area contributed by atoms with Gasteiger partial charge in [0.1, 0.15) is 4.33 Å². The van der Waals surface area contributed by atoms with Crippen LogP contribution in [0.5, 0.6) is 0 Å². The van der Waals surface area contributed by atoms with E-state index in [9.17, 15) is 0 Å². The molecule has 2 aliphatic rings. The van der Waals surface area contributed by atoms with Crippen molar-refractivity contribution in [3.8, 4) is 0 Å². The first-order valence-corrected chi connectivity index (χ1v) is 4.00. The quantitative estimate of drug-likeness (QED) is 0.380. The Balaban J connectivity index is 2.30. The van der Waals surface area contributed by atoms with Crippen molar-refractivity contribution in [3.63, 3.8) is 0 Å². The van der Waals surface area contributed by atoms with Crippen LogP contribution in [0.1, 0.15) is 19.3 Å². The third-order valence-corrected chi connectivity index (χ3v) is 3.14. The molecule has 0 nitrogen and oxygen atoms in total. The van der Waals surface area contributed by atoms with Crippen LogP contribution in [0, 0.1) is 5.92 Å². The Bertz CT molecular complexity index is 170. The van der Waals surface area contributed by atoms with E-state index in [-0.39, 0.29) is 0 Å². The van der Waals surface area contributed by atoms with Crippen LogP contribution in [-0.2, 0) is 0 Å². The van der Waals surface area contributed by atoms with E-state index >= 15 is 0 Å². The van der Waals surface area contributed by atoms with Gasteiger partial charge in [0, 0.05) is 6.42 Å². The van der Waals surface area contributed by atoms with Crippen LogP contribution in [0.2, 0.25) is 0 Å². The largest absolute Gasteiger partial charge is 0.125 e. The molecule has 0 saturated heterocycles. The molecular formula is C7H8Cl2. The molecule has 9 heavy (non-hydrogen) atoms. The number of fused-ring (bicyclic) bond motifs is 2. The first-order valence-electron chi connectivity index (χ1n) is 3.24. The van der Waals surface area contributed by atoms with Gasteiger partial charge in [0.05, 0.1) is 0 Å². The highest BCUT2D eigenvalue weighted by Crippen LogP contribution is 2.52. The molecule has 2 aliphatic carbocycles. The molecule has 1 unspecified atom stereocenters. The lowest BCUT2D eigenvalue weighted by Gasteiger charge is -2.20. The summed E-state index contributed by atoms with van der Waals surface area (Å²) in [6.07, 6.45) is 5.42. The van der Waals surface area contributed by atoms with Gasteiger partial charge in [-0.25, -0.2) is 0 Å². The first kappa shape index (κ1) is 6.06. The van der Waals surface area contributed by atoms with Crippen molar-refractivity contribution < 1.29 is 0 Å². The molecule has 0 heterocycles. The molecule has 0 aromatic carbocycles. The van der Waals surface area contributed by atoms with Gasteiger partial charge in [0.2, 0.25) is 0 Å². The van der Waals surface area contributed by atoms with Gasteiger partial charge in [-0.05, 0) is 18.8 Å². The van der Waals surface area contributed by atoms with Crippen LogP contribution in [0.3, 0.4) is 0 Å². The molecule has 1 atom stereocenters. The van der Waals surface area contributed by atoms with E-state index < -0.39 is 4.33 Å². The number of alkyl halides is 2. The van der Waals surface area contributed by atoms with Gasteiger partial charge in [0.25, 0.3) is 0 Å². The molecule has 50 valence electrons. The fraction of sp³-hybridized carbons (Fsp3) is 0.714. The highest BCUT2D eigenvalue weighted by Gasteiger charge is 2.44. The fourth-order valence-electron chi connectivity index (χ4n) is 1.71. The van der Waals surface area contributed by atoms with E-state index in [1.165, 1.54) is 5.57 Å². The van der Waals surface area contributed by atoms with Crippen LogP contribution in [0.25, 0.3) is 0 Å². The summed E-state index contributed by atoms with van der Waals surface area (Å²) in [5, 5.41) is 0. The van der Waals surface area contributed by atoms with Gasteiger partial charge in [-0.15, -0.1) is 23.2 Å². The van der Waals surface area contributed by atoms with Gasteiger partial charge < -0.3 is 0 Å². The number of allylic oxidation sites excluding steroid dienone is 2. The second-order valence-corrected chi connectivity index (χ2v) is 4.48. The molecule has 0 amide bonds. The molecule has 0 aliphatic heterocycles. The zero-order valence-electron chi connectivity index (χ0n) is 5.03. The lowest BCUT2D eigenvalue weighted by atomic mass is 10.1. The van der Waals surface area contributed by atoms with Gasteiger partial charge in [0.15, 0.2) is 0 Å². The van der Waals surface area contributed by atoms with Gasteiger partial charge in [-0.2, -0.15) is 0 Å². The fourth-order valence-corrected chi connectivity index (χ4v) is 2.38. The number of halogens is 2. The number of hydrogen-bond acceptors (Lipinski definition) is 0. The second kappa shape index (κ2) is 1.67. The third-order valence-electron chi connectivity index (χ3n) is 2.26. The van der Waals surface area contributed by atoms with Crippen molar-refractivity contribution in [2.24, 2.45) is 5.92 Å². The van der Waals surface area contributed by atoms with E-state index in [0.717, 1.165) is 19.3 Å². The normalized spacial score (nSPS) is 37.1. The van der Waals surface area contributed by atoms with E-state index in [1.54, 1.807) is 0 Å². The second-order valence-electron chi connectivity index (χ2n) is 2.94. The molecule has 2 bridgehead atoms. The van der Waals surface area contributed by atoms with Crippen LogP contribution in [-0.4, -0.2) is 4.33 Å². The molecular weight excluding hydrogens is 155 g/mol. The maximum Gasteiger partial charge on any atom is 0.125 e. The van der Waals surface area contributed by atoms with Gasteiger partial charge >= 0.3 is 0 Å². The summed E-state index contributed by atoms with van der Waals surface area (Å²) in [6.45, 7) is 0. The predicted octanol–water partition coefficient (Wildman–Crippen LogP) is 2.90. The minimum absolute atomic E-state index is 0.413. The average molecular weight is 163 g/mol. The highest BCUT2D eigenvalue weighted by atomic mass is 35.5. The molecule has 0 aromatic rings. The summed E-state index contributed by atoms with van der Waals surface area (Å²) in [4.78, 5) is 0. The maximum atomic E-state index is 5.99. The van der Waals surface area contributed by atoms with Crippen LogP contribution < -0.4 is 0 Å². The van der Waals surface area contributed by atoms with Crippen LogP contribution in [0.4, 0.5) is 0 Å². The SMILES string of the molecule is ClC1(Cl)CC2=CCC1C2. The first-order chi connectivity index (χ1) is 4.18. The molecule has 0 spiro atoms. The van der Waals surface area contributed by atoms with Crippen molar-refractivity contribution in [2.75, 3.05) is 0 Å². The Morgan fingerprint density at radius 3 is 2.56 bits per heavy atom. The molecule has 0 aromatic heterocycles. The highest BCUT2D eigenvalue weighted by molar-refractivity contribution is 6.49. The van der Waals surface area contributed by atoms with E-state index in [1.807, 2.05) is 0 Å². The zero-order chi connectivity index (χ0) is 6.48. The summed E-state index contributed by atoms with van der Waals surface area (Å²) in [5.74, 6) is 0.524. The Labute approximate surface area is 64.8 Å². The van der Waals surface area contributed by atoms with E-state index in [4.69, 9.17) is 23.2 Å². The topological polar surface area (TPSA) is 0 Å². The van der Waals surface area contributed by atoms with E-state index in [0.29, 0.717) is 5.92 Å². The summed E-state index contributed by atoms with van der Waals surface area (Å²) in [6, 6.07) is 0.